The third kappa shape index (κ3) is 3.62. The highest BCUT2D eigenvalue weighted by atomic mass is 16.5. The molecule has 0 aliphatic rings. The fraction of sp³-hybridized carbons (Fsp3) is 0.375. The van der Waals surface area contributed by atoms with Crippen LogP contribution >= 0.6 is 0 Å². The van der Waals surface area contributed by atoms with Gasteiger partial charge >= 0.3 is 5.97 Å². The normalized spacial score (nSPS) is 10.4. The van der Waals surface area contributed by atoms with Crippen LogP contribution in [0.2, 0.25) is 0 Å². The highest BCUT2D eigenvalue weighted by molar-refractivity contribution is 5.90. The number of ether oxygens (including phenoxy) is 2. The van der Waals surface area contributed by atoms with E-state index in [2.05, 4.69) is 5.10 Å². The number of carbonyl (C=O) groups excluding carboxylic acids is 1. The van der Waals surface area contributed by atoms with E-state index in [1.165, 1.54) is 0 Å². The van der Waals surface area contributed by atoms with Gasteiger partial charge in [-0.1, -0.05) is 19.1 Å². The lowest BCUT2D eigenvalue weighted by atomic mass is 10.2. The third-order valence-corrected chi connectivity index (χ3v) is 3.17. The van der Waals surface area contributed by atoms with Crippen LogP contribution in [0.5, 0.6) is 5.75 Å². The van der Waals surface area contributed by atoms with Crippen LogP contribution < -0.4 is 4.74 Å². The van der Waals surface area contributed by atoms with Gasteiger partial charge in [0, 0.05) is 6.20 Å². The van der Waals surface area contributed by atoms with Gasteiger partial charge in [0.2, 0.25) is 0 Å². The van der Waals surface area contributed by atoms with Crippen LogP contribution in [0.3, 0.4) is 0 Å². The van der Waals surface area contributed by atoms with Gasteiger partial charge in [0.05, 0.1) is 26.0 Å². The minimum Gasteiger partial charge on any atom is -0.497 e. The molecule has 0 amide bonds. The van der Waals surface area contributed by atoms with Crippen LogP contribution in [0.4, 0.5) is 0 Å². The Kier molecular flexibility index (Phi) is 4.98. The molecular formula is C16H20N2O3. The molecule has 0 unspecified atom stereocenters. The molecule has 2 rings (SSSR count). The van der Waals surface area contributed by atoms with E-state index in [-0.39, 0.29) is 5.97 Å². The lowest BCUT2D eigenvalue weighted by Crippen LogP contribution is -2.06. The fourth-order valence-corrected chi connectivity index (χ4v) is 2.10. The molecule has 1 aromatic heterocycles. The average molecular weight is 288 g/mol. The molecule has 21 heavy (non-hydrogen) atoms. The Hall–Kier alpha value is -2.30. The summed E-state index contributed by atoms with van der Waals surface area (Å²) in [5.74, 6) is 0.510. The number of hydrogen-bond donors (Lipinski definition) is 0. The summed E-state index contributed by atoms with van der Waals surface area (Å²) in [5, 5.41) is 4.45. The lowest BCUT2D eigenvalue weighted by Gasteiger charge is -2.03. The Labute approximate surface area is 124 Å². The summed E-state index contributed by atoms with van der Waals surface area (Å²) in [6.07, 6.45) is 2.45. The number of hydrogen-bond acceptors (Lipinski definition) is 4. The quantitative estimate of drug-likeness (QED) is 0.767. The summed E-state index contributed by atoms with van der Waals surface area (Å²) in [5.41, 5.74) is 2.41. The molecular weight excluding hydrogens is 268 g/mol. The first-order chi connectivity index (χ1) is 10.2. The van der Waals surface area contributed by atoms with Crippen LogP contribution in [0, 0.1) is 0 Å². The van der Waals surface area contributed by atoms with Gasteiger partial charge in [-0.15, -0.1) is 0 Å². The molecule has 0 aliphatic heterocycles. The second-order valence-electron chi connectivity index (χ2n) is 4.61. The Bertz CT molecular complexity index is 602. The van der Waals surface area contributed by atoms with Gasteiger partial charge in [-0.05, 0) is 31.0 Å². The van der Waals surface area contributed by atoms with Crippen molar-refractivity contribution in [2.45, 2.75) is 26.8 Å². The summed E-state index contributed by atoms with van der Waals surface area (Å²) in [7, 11) is 1.64. The van der Waals surface area contributed by atoms with Gasteiger partial charge in [0.25, 0.3) is 0 Å². The third-order valence-electron chi connectivity index (χ3n) is 3.17. The van der Waals surface area contributed by atoms with Crippen molar-refractivity contribution in [3.8, 4) is 5.75 Å². The van der Waals surface area contributed by atoms with E-state index < -0.39 is 0 Å². The number of rotatable bonds is 6. The van der Waals surface area contributed by atoms with Gasteiger partial charge in [0.15, 0.2) is 0 Å². The number of aryl methyl sites for hydroxylation is 1. The molecule has 5 nitrogen and oxygen atoms in total. The zero-order valence-corrected chi connectivity index (χ0v) is 12.6. The van der Waals surface area contributed by atoms with Crippen molar-refractivity contribution in [2.75, 3.05) is 13.7 Å². The van der Waals surface area contributed by atoms with E-state index in [4.69, 9.17) is 9.47 Å². The van der Waals surface area contributed by atoms with E-state index in [1.54, 1.807) is 24.9 Å². The number of benzene rings is 1. The van der Waals surface area contributed by atoms with Crippen molar-refractivity contribution in [2.24, 2.45) is 0 Å². The highest BCUT2D eigenvalue weighted by Gasteiger charge is 2.16. The van der Waals surface area contributed by atoms with Crippen LogP contribution in [0.15, 0.2) is 30.5 Å². The fourth-order valence-electron chi connectivity index (χ4n) is 2.10. The molecule has 0 spiro atoms. The number of aromatic nitrogens is 2. The van der Waals surface area contributed by atoms with Crippen LogP contribution in [-0.4, -0.2) is 29.5 Å². The number of nitrogens with zero attached hydrogens (tertiary/aromatic N) is 2. The topological polar surface area (TPSA) is 53.4 Å². The molecule has 1 aromatic carbocycles. The summed E-state index contributed by atoms with van der Waals surface area (Å²) in [4.78, 5) is 11.9. The Morgan fingerprint density at radius 1 is 1.24 bits per heavy atom. The zero-order valence-electron chi connectivity index (χ0n) is 12.6. The van der Waals surface area contributed by atoms with E-state index in [0.717, 1.165) is 17.0 Å². The van der Waals surface area contributed by atoms with Gasteiger partial charge in [-0.25, -0.2) is 4.79 Å². The average Bonchev–Trinajstić information content (AvgIpc) is 2.91. The minimum atomic E-state index is -0.310. The second kappa shape index (κ2) is 6.92. The minimum absolute atomic E-state index is 0.310. The van der Waals surface area contributed by atoms with Crippen molar-refractivity contribution >= 4 is 5.97 Å². The molecule has 0 radical (unpaired) electrons. The monoisotopic (exact) mass is 288 g/mol. The van der Waals surface area contributed by atoms with Crippen molar-refractivity contribution in [1.29, 1.82) is 0 Å². The molecule has 0 saturated carbocycles. The molecule has 0 fully saturated rings. The predicted octanol–water partition coefficient (Wildman–Crippen LogP) is 2.68. The summed E-state index contributed by atoms with van der Waals surface area (Å²) in [6, 6.07) is 7.78. The standard InChI is InChI=1S/C16H20N2O3/c1-4-15-14(16(19)21-5-2)11-18(17-15)10-12-6-8-13(20-3)9-7-12/h6-9,11H,4-5,10H2,1-3H3. The first-order valence-corrected chi connectivity index (χ1v) is 7.04. The highest BCUT2D eigenvalue weighted by Crippen LogP contribution is 2.14. The Morgan fingerprint density at radius 3 is 2.52 bits per heavy atom. The molecule has 0 bridgehead atoms. The van der Waals surface area contributed by atoms with E-state index in [9.17, 15) is 4.79 Å². The van der Waals surface area contributed by atoms with Crippen LogP contribution in [0.1, 0.15) is 35.5 Å². The summed E-state index contributed by atoms with van der Waals surface area (Å²) >= 11 is 0. The maximum absolute atomic E-state index is 11.9. The van der Waals surface area contributed by atoms with Gasteiger partial charge in [-0.3, -0.25) is 4.68 Å². The molecule has 0 saturated heterocycles. The van der Waals surface area contributed by atoms with Crippen molar-refractivity contribution in [3.63, 3.8) is 0 Å². The molecule has 0 N–H and O–H groups in total. The first-order valence-electron chi connectivity index (χ1n) is 7.04. The Morgan fingerprint density at radius 2 is 1.95 bits per heavy atom. The smallest absolute Gasteiger partial charge is 0.341 e. The van der Waals surface area contributed by atoms with Crippen LogP contribution in [0.25, 0.3) is 0 Å². The number of methoxy groups -OCH3 is 1. The molecule has 2 aromatic rings. The molecule has 112 valence electrons. The van der Waals surface area contributed by atoms with Gasteiger partial charge in [-0.2, -0.15) is 5.10 Å². The zero-order chi connectivity index (χ0) is 15.2. The molecule has 0 atom stereocenters. The summed E-state index contributed by atoms with van der Waals surface area (Å²) < 4.78 is 12.0. The van der Waals surface area contributed by atoms with Gasteiger partial charge < -0.3 is 9.47 Å². The lowest BCUT2D eigenvalue weighted by molar-refractivity contribution is 0.0525. The number of esters is 1. The summed E-state index contributed by atoms with van der Waals surface area (Å²) in [6.45, 7) is 4.75. The first kappa shape index (κ1) is 15.1. The van der Waals surface area contributed by atoms with E-state index >= 15 is 0 Å². The van der Waals surface area contributed by atoms with E-state index in [1.807, 2.05) is 31.2 Å². The predicted molar refractivity (Wildman–Crippen MR) is 79.7 cm³/mol. The molecule has 0 aliphatic carbocycles. The SMILES string of the molecule is CCOC(=O)c1cn(Cc2ccc(OC)cc2)nc1CC. The van der Waals surface area contributed by atoms with Gasteiger partial charge in [0.1, 0.15) is 11.3 Å². The van der Waals surface area contributed by atoms with E-state index in [0.29, 0.717) is 25.1 Å². The largest absolute Gasteiger partial charge is 0.497 e. The molecule has 5 heteroatoms. The second-order valence-corrected chi connectivity index (χ2v) is 4.61. The number of carbonyl (C=O) groups is 1. The van der Waals surface area contributed by atoms with Crippen LogP contribution in [-0.2, 0) is 17.7 Å². The Balaban J connectivity index is 2.18. The van der Waals surface area contributed by atoms with Crippen molar-refractivity contribution in [1.82, 2.24) is 9.78 Å². The van der Waals surface area contributed by atoms with Crippen molar-refractivity contribution < 1.29 is 14.3 Å². The van der Waals surface area contributed by atoms with Crippen molar-refractivity contribution in [3.05, 3.63) is 47.3 Å². The maximum Gasteiger partial charge on any atom is 0.341 e. The maximum atomic E-state index is 11.9. The molecule has 1 heterocycles.